The molecule has 0 unspecified atom stereocenters. The number of rotatable bonds is 6. The molecule has 0 spiro atoms. The summed E-state index contributed by atoms with van der Waals surface area (Å²) >= 11 is 1.29. The topological polar surface area (TPSA) is 92.9 Å². The molecule has 1 aliphatic rings. The lowest BCUT2D eigenvalue weighted by molar-refractivity contribution is -0.119. The Balaban J connectivity index is 1.74. The van der Waals surface area contributed by atoms with Gasteiger partial charge in [0.1, 0.15) is 0 Å². The lowest BCUT2D eigenvalue weighted by Gasteiger charge is -2.22. The molecule has 0 bridgehead atoms. The summed E-state index contributed by atoms with van der Waals surface area (Å²) in [5.41, 5.74) is 0. The monoisotopic (exact) mass is 285 g/mol. The second-order valence-corrected chi connectivity index (χ2v) is 5.54. The average molecular weight is 285 g/mol. The predicted octanol–water partition coefficient (Wildman–Crippen LogP) is 0.206. The Bertz CT molecular complexity index is 406. The summed E-state index contributed by atoms with van der Waals surface area (Å²) in [6, 6.07) is 0.329. The maximum Gasteiger partial charge on any atom is 0.230 e. The smallest absolute Gasteiger partial charge is 0.230 e. The molecule has 1 saturated carbocycles. The Morgan fingerprint density at radius 3 is 2.95 bits per heavy atom. The van der Waals surface area contributed by atoms with Gasteiger partial charge in [-0.3, -0.25) is 4.79 Å². The number of aromatic nitrogens is 4. The highest BCUT2D eigenvalue weighted by molar-refractivity contribution is 7.99. The van der Waals surface area contributed by atoms with Crippen molar-refractivity contribution in [2.45, 2.75) is 49.8 Å². The van der Waals surface area contributed by atoms with Crippen LogP contribution in [0.4, 0.5) is 0 Å². The maximum absolute atomic E-state index is 11.8. The Labute approximate surface area is 116 Å². The van der Waals surface area contributed by atoms with Crippen LogP contribution in [-0.4, -0.2) is 49.6 Å². The fourth-order valence-electron chi connectivity index (χ4n) is 2.18. The van der Waals surface area contributed by atoms with E-state index >= 15 is 0 Å². The highest BCUT2D eigenvalue weighted by Crippen LogP contribution is 2.18. The van der Waals surface area contributed by atoms with E-state index in [-0.39, 0.29) is 12.5 Å². The molecule has 1 heterocycles. The molecule has 1 aromatic rings. The van der Waals surface area contributed by atoms with E-state index in [0.717, 1.165) is 12.8 Å². The minimum atomic E-state index is -0.0210. The fourth-order valence-corrected chi connectivity index (χ4v) is 2.90. The molecule has 1 aliphatic carbocycles. The molecule has 0 atom stereocenters. The number of hydrogen-bond acceptors (Lipinski definition) is 6. The number of amides is 1. The summed E-state index contributed by atoms with van der Waals surface area (Å²) in [6.45, 7) is 0.326. The van der Waals surface area contributed by atoms with Crippen molar-refractivity contribution in [2.24, 2.45) is 0 Å². The highest BCUT2D eigenvalue weighted by atomic mass is 32.2. The van der Waals surface area contributed by atoms with E-state index in [9.17, 15) is 4.79 Å². The van der Waals surface area contributed by atoms with Gasteiger partial charge in [-0.1, -0.05) is 31.0 Å². The van der Waals surface area contributed by atoms with Crippen LogP contribution in [0.1, 0.15) is 32.1 Å². The van der Waals surface area contributed by atoms with Crippen LogP contribution in [-0.2, 0) is 11.3 Å². The lowest BCUT2D eigenvalue weighted by atomic mass is 9.95. The normalized spacial score (nSPS) is 16.5. The molecule has 0 aliphatic heterocycles. The number of nitrogens with zero attached hydrogens (tertiary/aromatic N) is 4. The van der Waals surface area contributed by atoms with Crippen LogP contribution in [0.15, 0.2) is 5.16 Å². The van der Waals surface area contributed by atoms with Crippen molar-refractivity contribution in [1.29, 1.82) is 0 Å². The van der Waals surface area contributed by atoms with Crippen LogP contribution in [0.2, 0.25) is 0 Å². The third-order valence-electron chi connectivity index (χ3n) is 3.11. The Morgan fingerprint density at radius 2 is 2.21 bits per heavy atom. The Kier molecular flexibility index (Phi) is 5.59. The summed E-state index contributed by atoms with van der Waals surface area (Å²) in [6.07, 6.45) is 5.84. The molecule has 0 aromatic carbocycles. The van der Waals surface area contributed by atoms with E-state index in [1.165, 1.54) is 35.7 Å². The third kappa shape index (κ3) is 4.46. The van der Waals surface area contributed by atoms with Crippen molar-refractivity contribution in [1.82, 2.24) is 25.5 Å². The number of aliphatic hydroxyl groups excluding tert-OH is 1. The van der Waals surface area contributed by atoms with Crippen molar-refractivity contribution < 1.29 is 9.90 Å². The van der Waals surface area contributed by atoms with Gasteiger partial charge in [-0.25, -0.2) is 4.68 Å². The van der Waals surface area contributed by atoms with Crippen LogP contribution in [0.25, 0.3) is 0 Å². The second-order valence-electron chi connectivity index (χ2n) is 4.60. The van der Waals surface area contributed by atoms with Crippen LogP contribution in [0.3, 0.4) is 0 Å². The van der Waals surface area contributed by atoms with E-state index < -0.39 is 0 Å². The van der Waals surface area contributed by atoms with E-state index in [0.29, 0.717) is 23.5 Å². The Morgan fingerprint density at radius 1 is 1.42 bits per heavy atom. The van der Waals surface area contributed by atoms with Crippen LogP contribution in [0, 0.1) is 0 Å². The minimum absolute atomic E-state index is 0.0210. The summed E-state index contributed by atoms with van der Waals surface area (Å²) in [4.78, 5) is 11.8. The van der Waals surface area contributed by atoms with Crippen molar-refractivity contribution in [3.63, 3.8) is 0 Å². The first-order chi connectivity index (χ1) is 9.29. The van der Waals surface area contributed by atoms with Gasteiger partial charge in [0, 0.05) is 6.04 Å². The molecular formula is C11H19N5O2S. The summed E-state index contributed by atoms with van der Waals surface area (Å²) < 4.78 is 1.50. The number of hydrogen-bond donors (Lipinski definition) is 2. The second kappa shape index (κ2) is 7.44. The van der Waals surface area contributed by atoms with E-state index in [4.69, 9.17) is 5.11 Å². The zero-order valence-electron chi connectivity index (χ0n) is 10.8. The van der Waals surface area contributed by atoms with Crippen molar-refractivity contribution >= 4 is 17.7 Å². The quantitative estimate of drug-likeness (QED) is 0.726. The number of thioether (sulfide) groups is 1. The lowest BCUT2D eigenvalue weighted by Crippen LogP contribution is -2.37. The van der Waals surface area contributed by atoms with Gasteiger partial charge in [-0.05, 0) is 23.3 Å². The average Bonchev–Trinajstić information content (AvgIpc) is 2.85. The minimum Gasteiger partial charge on any atom is -0.394 e. The molecule has 7 nitrogen and oxygen atoms in total. The third-order valence-corrected chi connectivity index (χ3v) is 4.07. The highest BCUT2D eigenvalue weighted by Gasteiger charge is 2.16. The van der Waals surface area contributed by atoms with Crippen molar-refractivity contribution in [2.75, 3.05) is 12.4 Å². The number of carbonyl (C=O) groups is 1. The first kappa shape index (κ1) is 14.3. The van der Waals surface area contributed by atoms with Gasteiger partial charge in [-0.15, -0.1) is 5.10 Å². The molecule has 1 amide bonds. The number of nitrogens with one attached hydrogen (secondary N) is 1. The van der Waals surface area contributed by atoms with E-state index in [2.05, 4.69) is 20.8 Å². The van der Waals surface area contributed by atoms with E-state index in [1.54, 1.807) is 0 Å². The van der Waals surface area contributed by atoms with Gasteiger partial charge in [0.15, 0.2) is 0 Å². The van der Waals surface area contributed by atoms with Gasteiger partial charge in [-0.2, -0.15) is 0 Å². The van der Waals surface area contributed by atoms with Gasteiger partial charge in [0.25, 0.3) is 0 Å². The summed E-state index contributed by atoms with van der Waals surface area (Å²) in [7, 11) is 0. The summed E-state index contributed by atoms with van der Waals surface area (Å²) in [5, 5.41) is 23.6. The van der Waals surface area contributed by atoms with Gasteiger partial charge < -0.3 is 10.4 Å². The van der Waals surface area contributed by atoms with Crippen molar-refractivity contribution in [3.05, 3.63) is 0 Å². The zero-order valence-corrected chi connectivity index (χ0v) is 11.6. The zero-order chi connectivity index (χ0) is 13.5. The SMILES string of the molecule is O=C(CSc1nnnn1CCO)NC1CCCCC1. The van der Waals surface area contributed by atoms with Crippen LogP contribution < -0.4 is 5.32 Å². The molecule has 1 fully saturated rings. The predicted molar refractivity (Wildman–Crippen MR) is 70.6 cm³/mol. The van der Waals surface area contributed by atoms with Crippen molar-refractivity contribution in [3.8, 4) is 0 Å². The van der Waals surface area contributed by atoms with Gasteiger partial charge >= 0.3 is 0 Å². The van der Waals surface area contributed by atoms with Gasteiger partial charge in [0.2, 0.25) is 11.1 Å². The molecule has 106 valence electrons. The molecule has 2 N–H and O–H groups in total. The molecular weight excluding hydrogens is 266 g/mol. The molecule has 1 aromatic heterocycles. The first-order valence-corrected chi connectivity index (χ1v) is 7.57. The maximum atomic E-state index is 11.8. The van der Waals surface area contributed by atoms with Gasteiger partial charge in [0.05, 0.1) is 18.9 Å². The van der Waals surface area contributed by atoms with Crippen LogP contribution >= 0.6 is 11.8 Å². The largest absolute Gasteiger partial charge is 0.394 e. The Hall–Kier alpha value is -1.15. The molecule has 19 heavy (non-hydrogen) atoms. The number of tetrazole rings is 1. The van der Waals surface area contributed by atoms with E-state index in [1.807, 2.05) is 0 Å². The molecule has 8 heteroatoms. The first-order valence-electron chi connectivity index (χ1n) is 6.59. The molecule has 2 rings (SSSR count). The number of aliphatic hydroxyl groups is 1. The number of carbonyl (C=O) groups excluding carboxylic acids is 1. The standard InChI is InChI=1S/C11H19N5O2S/c17-7-6-16-11(13-14-15-16)19-8-10(18)12-9-4-2-1-3-5-9/h9,17H,1-8H2,(H,12,18). The van der Waals surface area contributed by atoms with Crippen LogP contribution in [0.5, 0.6) is 0 Å². The molecule has 0 radical (unpaired) electrons. The molecule has 0 saturated heterocycles. The summed E-state index contributed by atoms with van der Waals surface area (Å²) in [5.74, 6) is 0.331. The fraction of sp³-hybridized carbons (Fsp3) is 0.818.